The molecule has 7 rings (SSSR count). The van der Waals surface area contributed by atoms with Gasteiger partial charge in [-0.25, -0.2) is 4.68 Å². The molecule has 204 valence electrons. The zero-order valence-electron chi connectivity index (χ0n) is 22.2. The molecular formula is C30H27N3O7. The number of nitrogens with zero attached hydrogens (tertiary/aromatic N) is 3. The fraction of sp³-hybridized carbons (Fsp3) is 0.300. The Bertz CT molecular complexity index is 1580. The first-order valence-corrected chi connectivity index (χ1v) is 13.0. The van der Waals surface area contributed by atoms with Crippen molar-refractivity contribution in [1.29, 1.82) is 0 Å². The molecule has 0 N–H and O–H groups in total. The van der Waals surface area contributed by atoms with Crippen molar-refractivity contribution in [2.45, 2.75) is 12.0 Å². The third kappa shape index (κ3) is 3.59. The van der Waals surface area contributed by atoms with Crippen molar-refractivity contribution in [2.75, 3.05) is 34.7 Å². The SMILES string of the molecule is COc1cc([C@@H]2c3cc4c(cc3[C@@H](n3nncc3-c3ccccc3)[C@H]3COC(=O)[C@H]23)OCO4)cc(OC)c1OC. The Morgan fingerprint density at radius 3 is 2.25 bits per heavy atom. The number of fused-ring (bicyclic) bond motifs is 3. The van der Waals surface area contributed by atoms with Crippen LogP contribution in [-0.2, 0) is 9.53 Å². The van der Waals surface area contributed by atoms with Gasteiger partial charge in [-0.3, -0.25) is 4.79 Å². The van der Waals surface area contributed by atoms with E-state index in [-0.39, 0.29) is 37.2 Å². The quantitative estimate of drug-likeness (QED) is 0.332. The van der Waals surface area contributed by atoms with E-state index in [9.17, 15) is 4.79 Å². The second-order valence-corrected chi connectivity index (χ2v) is 9.97. The highest BCUT2D eigenvalue weighted by molar-refractivity contribution is 5.79. The van der Waals surface area contributed by atoms with E-state index in [1.54, 1.807) is 27.5 Å². The van der Waals surface area contributed by atoms with Crippen molar-refractivity contribution in [2.24, 2.45) is 11.8 Å². The van der Waals surface area contributed by atoms with Crippen molar-refractivity contribution >= 4 is 5.97 Å². The molecule has 3 heterocycles. The standard InChI is InChI=1S/C30H27N3O7/c1-35-24-9-17(10-25(36-2)29(24)37-3)26-18-11-22-23(40-15-39-22)12-19(18)28(20-14-38-30(34)27(20)26)33-21(13-31-32-33)16-7-5-4-6-8-16/h4-13,20,26-28H,14-15H2,1-3H3/t20-,26+,27-,28+/m0/s1. The molecule has 2 aliphatic heterocycles. The van der Waals surface area contributed by atoms with Crippen LogP contribution in [0.1, 0.15) is 28.7 Å². The summed E-state index contributed by atoms with van der Waals surface area (Å²) in [7, 11) is 4.72. The molecule has 10 heteroatoms. The van der Waals surface area contributed by atoms with Crippen molar-refractivity contribution in [1.82, 2.24) is 15.0 Å². The van der Waals surface area contributed by atoms with Gasteiger partial charge in [0, 0.05) is 17.4 Å². The summed E-state index contributed by atoms with van der Waals surface area (Å²) in [4.78, 5) is 13.5. The highest BCUT2D eigenvalue weighted by atomic mass is 16.7. The van der Waals surface area contributed by atoms with E-state index in [4.69, 9.17) is 28.4 Å². The van der Waals surface area contributed by atoms with Crippen LogP contribution in [0.4, 0.5) is 0 Å². The number of hydrogen-bond donors (Lipinski definition) is 0. The first kappa shape index (κ1) is 24.3. The van der Waals surface area contributed by atoms with Gasteiger partial charge in [0.15, 0.2) is 23.0 Å². The third-order valence-corrected chi connectivity index (χ3v) is 8.10. The van der Waals surface area contributed by atoms with Gasteiger partial charge in [0.2, 0.25) is 12.5 Å². The van der Waals surface area contributed by atoms with Gasteiger partial charge in [-0.05, 0) is 41.0 Å². The average Bonchev–Trinajstić information content (AvgIpc) is 3.75. The predicted octanol–water partition coefficient (Wildman–Crippen LogP) is 4.22. The van der Waals surface area contributed by atoms with Crippen molar-refractivity contribution < 1.29 is 33.2 Å². The first-order chi connectivity index (χ1) is 19.6. The Balaban J connectivity index is 1.47. The van der Waals surface area contributed by atoms with Gasteiger partial charge in [0.05, 0.1) is 51.8 Å². The smallest absolute Gasteiger partial charge is 0.310 e. The fourth-order valence-electron chi connectivity index (χ4n) is 6.39. The second kappa shape index (κ2) is 9.48. The Labute approximate surface area is 230 Å². The molecule has 4 aromatic rings. The van der Waals surface area contributed by atoms with Gasteiger partial charge in [-0.2, -0.15) is 0 Å². The summed E-state index contributed by atoms with van der Waals surface area (Å²) in [6.45, 7) is 0.377. The zero-order valence-corrected chi connectivity index (χ0v) is 22.2. The summed E-state index contributed by atoms with van der Waals surface area (Å²) in [5.41, 5.74) is 4.54. The van der Waals surface area contributed by atoms with Gasteiger partial charge in [0.25, 0.3) is 0 Å². The van der Waals surface area contributed by atoms with Gasteiger partial charge >= 0.3 is 5.97 Å². The van der Waals surface area contributed by atoms with Crippen molar-refractivity contribution in [3.63, 3.8) is 0 Å². The largest absolute Gasteiger partial charge is 0.493 e. The van der Waals surface area contributed by atoms with Crippen LogP contribution in [0.2, 0.25) is 0 Å². The molecule has 1 aromatic heterocycles. The number of benzene rings is 3. The Morgan fingerprint density at radius 2 is 1.57 bits per heavy atom. The maximum absolute atomic E-state index is 13.5. The molecule has 0 saturated carbocycles. The summed E-state index contributed by atoms with van der Waals surface area (Å²) < 4.78 is 36.2. The van der Waals surface area contributed by atoms with Crippen LogP contribution in [0, 0.1) is 11.8 Å². The minimum atomic E-state index is -0.506. The van der Waals surface area contributed by atoms with E-state index < -0.39 is 5.92 Å². The maximum Gasteiger partial charge on any atom is 0.310 e. The predicted molar refractivity (Wildman–Crippen MR) is 142 cm³/mol. The van der Waals surface area contributed by atoms with E-state index >= 15 is 0 Å². The summed E-state index contributed by atoms with van der Waals surface area (Å²) in [5.74, 6) is 1.39. The maximum atomic E-state index is 13.5. The number of esters is 1. The number of hydrogen-bond acceptors (Lipinski definition) is 9. The number of ether oxygens (including phenoxy) is 6. The summed E-state index contributed by atoms with van der Waals surface area (Å²) in [6, 6.07) is 17.4. The van der Waals surface area contributed by atoms with Crippen molar-refractivity contribution in [3.05, 3.63) is 77.5 Å². The molecule has 10 nitrogen and oxygen atoms in total. The van der Waals surface area contributed by atoms with Gasteiger partial charge < -0.3 is 28.4 Å². The van der Waals surface area contributed by atoms with Crippen LogP contribution >= 0.6 is 0 Å². The lowest BCUT2D eigenvalue weighted by Gasteiger charge is -2.39. The van der Waals surface area contributed by atoms with Gasteiger partial charge in [-0.15, -0.1) is 5.10 Å². The molecular weight excluding hydrogens is 514 g/mol. The minimum absolute atomic E-state index is 0.130. The highest BCUT2D eigenvalue weighted by Gasteiger charge is 2.54. The van der Waals surface area contributed by atoms with Gasteiger partial charge in [-0.1, -0.05) is 35.5 Å². The number of cyclic esters (lactones) is 1. The normalized spacial score (nSPS) is 22.3. The lowest BCUT2D eigenvalue weighted by Crippen LogP contribution is -2.38. The third-order valence-electron chi connectivity index (χ3n) is 8.10. The number of carbonyl (C=O) groups is 1. The van der Waals surface area contributed by atoms with Crippen molar-refractivity contribution in [3.8, 4) is 40.0 Å². The minimum Gasteiger partial charge on any atom is -0.493 e. The summed E-state index contributed by atoms with van der Waals surface area (Å²) in [6.07, 6.45) is 1.75. The lowest BCUT2D eigenvalue weighted by atomic mass is 9.65. The van der Waals surface area contributed by atoms with E-state index in [1.807, 2.05) is 59.3 Å². The van der Waals surface area contributed by atoms with Crippen LogP contribution in [0.25, 0.3) is 11.3 Å². The Morgan fingerprint density at radius 1 is 0.875 bits per heavy atom. The van der Waals surface area contributed by atoms with E-state index in [0.717, 1.165) is 27.9 Å². The molecule has 3 aromatic carbocycles. The molecule has 40 heavy (non-hydrogen) atoms. The van der Waals surface area contributed by atoms with Crippen LogP contribution < -0.4 is 23.7 Å². The molecule has 0 bridgehead atoms. The Hall–Kier alpha value is -4.73. The Kier molecular flexibility index (Phi) is 5.76. The van der Waals surface area contributed by atoms with Crippen LogP contribution in [0.3, 0.4) is 0 Å². The molecule has 1 saturated heterocycles. The summed E-state index contributed by atoms with van der Waals surface area (Å²) >= 11 is 0. The molecule has 0 spiro atoms. The number of carbonyl (C=O) groups excluding carboxylic acids is 1. The molecule has 4 atom stereocenters. The number of aromatic nitrogens is 3. The van der Waals surface area contributed by atoms with E-state index in [0.29, 0.717) is 28.7 Å². The molecule has 0 amide bonds. The van der Waals surface area contributed by atoms with Crippen LogP contribution in [0.15, 0.2) is 60.8 Å². The number of rotatable bonds is 6. The van der Waals surface area contributed by atoms with E-state index in [1.165, 1.54) is 0 Å². The molecule has 1 aliphatic carbocycles. The monoisotopic (exact) mass is 541 g/mol. The molecule has 0 radical (unpaired) electrons. The van der Waals surface area contributed by atoms with Crippen LogP contribution in [-0.4, -0.2) is 55.7 Å². The second-order valence-electron chi connectivity index (χ2n) is 9.97. The average molecular weight is 542 g/mol. The first-order valence-electron chi connectivity index (χ1n) is 13.0. The summed E-state index contributed by atoms with van der Waals surface area (Å²) in [5, 5.41) is 8.82. The lowest BCUT2D eigenvalue weighted by molar-refractivity contribution is -0.141. The fourth-order valence-corrected chi connectivity index (χ4v) is 6.39. The topological polar surface area (TPSA) is 103 Å². The number of methoxy groups -OCH3 is 3. The van der Waals surface area contributed by atoms with Crippen LogP contribution in [0.5, 0.6) is 28.7 Å². The van der Waals surface area contributed by atoms with E-state index in [2.05, 4.69) is 10.3 Å². The molecule has 0 unspecified atom stereocenters. The zero-order chi connectivity index (χ0) is 27.4. The highest BCUT2D eigenvalue weighted by Crippen LogP contribution is 2.56. The molecule has 1 fully saturated rings. The molecule has 3 aliphatic rings. The van der Waals surface area contributed by atoms with Gasteiger partial charge in [0.1, 0.15) is 0 Å².